The molecule has 1 heteroatoms. The molecule has 0 fully saturated rings. The van der Waals surface area contributed by atoms with E-state index in [2.05, 4.69) is 45.7 Å². The van der Waals surface area contributed by atoms with Gasteiger partial charge in [-0.2, -0.15) is 0 Å². The standard InChI is InChI=1S/C11H23N/c1-6-7-11(4)8-9-12(5)10(2)3/h7,10H,6,8-9H2,1-5H3/b11-7+. The topological polar surface area (TPSA) is 3.24 Å². The Balaban J connectivity index is 3.61. The molecule has 0 aromatic rings. The van der Waals surface area contributed by atoms with Crippen molar-refractivity contribution < 1.29 is 0 Å². The monoisotopic (exact) mass is 169 g/mol. The maximum absolute atomic E-state index is 2.38. The summed E-state index contributed by atoms with van der Waals surface area (Å²) < 4.78 is 0. The molecule has 0 aromatic heterocycles. The summed E-state index contributed by atoms with van der Waals surface area (Å²) in [4.78, 5) is 2.38. The van der Waals surface area contributed by atoms with Crippen molar-refractivity contribution >= 4 is 0 Å². The van der Waals surface area contributed by atoms with E-state index >= 15 is 0 Å². The number of rotatable bonds is 5. The summed E-state index contributed by atoms with van der Waals surface area (Å²) in [5, 5.41) is 0. The second kappa shape index (κ2) is 6.24. The van der Waals surface area contributed by atoms with Crippen LogP contribution in [-0.2, 0) is 0 Å². The fraction of sp³-hybridized carbons (Fsp3) is 0.818. The van der Waals surface area contributed by atoms with Crippen LogP contribution in [0.3, 0.4) is 0 Å². The van der Waals surface area contributed by atoms with Crippen molar-refractivity contribution in [2.24, 2.45) is 0 Å². The molecule has 12 heavy (non-hydrogen) atoms. The van der Waals surface area contributed by atoms with Crippen molar-refractivity contribution in [3.63, 3.8) is 0 Å². The number of nitrogens with zero attached hydrogens (tertiary/aromatic N) is 1. The first-order valence-electron chi connectivity index (χ1n) is 4.93. The van der Waals surface area contributed by atoms with Crippen LogP contribution in [0.4, 0.5) is 0 Å². The Morgan fingerprint density at radius 2 is 2.00 bits per heavy atom. The highest BCUT2D eigenvalue weighted by Gasteiger charge is 2.01. The quantitative estimate of drug-likeness (QED) is 0.572. The number of allylic oxidation sites excluding steroid dienone is 1. The van der Waals surface area contributed by atoms with E-state index < -0.39 is 0 Å². The van der Waals surface area contributed by atoms with Crippen molar-refractivity contribution in [2.45, 2.75) is 46.6 Å². The van der Waals surface area contributed by atoms with E-state index in [-0.39, 0.29) is 0 Å². The van der Waals surface area contributed by atoms with Gasteiger partial charge in [-0.3, -0.25) is 0 Å². The van der Waals surface area contributed by atoms with Gasteiger partial charge in [-0.05, 0) is 40.7 Å². The van der Waals surface area contributed by atoms with Gasteiger partial charge in [-0.1, -0.05) is 18.6 Å². The highest BCUT2D eigenvalue weighted by Crippen LogP contribution is 2.04. The molecule has 0 spiro atoms. The van der Waals surface area contributed by atoms with Gasteiger partial charge in [0.15, 0.2) is 0 Å². The van der Waals surface area contributed by atoms with Gasteiger partial charge in [-0.15, -0.1) is 0 Å². The largest absolute Gasteiger partial charge is 0.304 e. The van der Waals surface area contributed by atoms with Crippen LogP contribution in [0.1, 0.15) is 40.5 Å². The highest BCUT2D eigenvalue weighted by atomic mass is 15.1. The lowest BCUT2D eigenvalue weighted by molar-refractivity contribution is 0.277. The molecule has 0 aliphatic rings. The summed E-state index contributed by atoms with van der Waals surface area (Å²) in [6, 6.07) is 0.666. The molecule has 0 radical (unpaired) electrons. The summed E-state index contributed by atoms with van der Waals surface area (Å²) in [5.41, 5.74) is 1.52. The van der Waals surface area contributed by atoms with Gasteiger partial charge in [0.05, 0.1) is 0 Å². The zero-order chi connectivity index (χ0) is 9.56. The molecule has 72 valence electrons. The smallest absolute Gasteiger partial charge is 0.00356 e. The summed E-state index contributed by atoms with van der Waals surface area (Å²) in [7, 11) is 2.18. The van der Waals surface area contributed by atoms with Crippen molar-refractivity contribution in [1.82, 2.24) is 4.90 Å². The minimum Gasteiger partial charge on any atom is -0.304 e. The third-order valence-electron chi connectivity index (χ3n) is 2.29. The van der Waals surface area contributed by atoms with Crippen LogP contribution in [0, 0.1) is 0 Å². The molecule has 0 saturated carbocycles. The molecule has 0 aliphatic carbocycles. The van der Waals surface area contributed by atoms with Gasteiger partial charge in [-0.25, -0.2) is 0 Å². The van der Waals surface area contributed by atoms with Gasteiger partial charge in [0.25, 0.3) is 0 Å². The van der Waals surface area contributed by atoms with E-state index in [1.807, 2.05) is 0 Å². The van der Waals surface area contributed by atoms with Crippen LogP contribution in [0.25, 0.3) is 0 Å². The fourth-order valence-corrected chi connectivity index (χ4v) is 1.06. The Bertz CT molecular complexity index is 136. The molecular formula is C11H23N. The van der Waals surface area contributed by atoms with Crippen molar-refractivity contribution in [3.05, 3.63) is 11.6 Å². The Labute approximate surface area is 77.5 Å². The average Bonchev–Trinajstić information content (AvgIpc) is 2.00. The SMILES string of the molecule is CC/C=C(\C)CCN(C)C(C)C. The molecule has 0 atom stereocenters. The predicted molar refractivity (Wildman–Crippen MR) is 56.4 cm³/mol. The first kappa shape index (κ1) is 11.7. The van der Waals surface area contributed by atoms with Crippen molar-refractivity contribution in [2.75, 3.05) is 13.6 Å². The Hall–Kier alpha value is -0.300. The molecule has 1 nitrogen and oxygen atoms in total. The van der Waals surface area contributed by atoms with Gasteiger partial charge >= 0.3 is 0 Å². The Morgan fingerprint density at radius 3 is 2.42 bits per heavy atom. The van der Waals surface area contributed by atoms with Crippen LogP contribution in [0.2, 0.25) is 0 Å². The minimum absolute atomic E-state index is 0.666. The normalized spacial score (nSPS) is 13.1. The predicted octanol–water partition coefficient (Wildman–Crippen LogP) is 3.07. The van der Waals surface area contributed by atoms with Gasteiger partial charge < -0.3 is 4.90 Å². The lowest BCUT2D eigenvalue weighted by atomic mass is 10.1. The second-order valence-electron chi connectivity index (χ2n) is 3.78. The van der Waals surface area contributed by atoms with Crippen molar-refractivity contribution in [3.8, 4) is 0 Å². The number of hydrogen-bond acceptors (Lipinski definition) is 1. The zero-order valence-corrected chi connectivity index (χ0v) is 9.22. The van der Waals surface area contributed by atoms with Crippen molar-refractivity contribution in [1.29, 1.82) is 0 Å². The van der Waals surface area contributed by atoms with E-state index in [1.165, 1.54) is 18.5 Å². The first-order valence-corrected chi connectivity index (χ1v) is 4.93. The lowest BCUT2D eigenvalue weighted by Crippen LogP contribution is -2.27. The maximum atomic E-state index is 2.38. The summed E-state index contributed by atoms with van der Waals surface area (Å²) in [6.07, 6.45) is 4.69. The minimum atomic E-state index is 0.666. The second-order valence-corrected chi connectivity index (χ2v) is 3.78. The van der Waals surface area contributed by atoms with E-state index in [9.17, 15) is 0 Å². The van der Waals surface area contributed by atoms with E-state index in [4.69, 9.17) is 0 Å². The maximum Gasteiger partial charge on any atom is 0.00356 e. The number of hydrogen-bond donors (Lipinski definition) is 0. The van der Waals surface area contributed by atoms with Gasteiger partial charge in [0.2, 0.25) is 0 Å². The third-order valence-corrected chi connectivity index (χ3v) is 2.29. The summed E-state index contributed by atoms with van der Waals surface area (Å²) >= 11 is 0. The summed E-state index contributed by atoms with van der Waals surface area (Å²) in [6.45, 7) is 10.1. The van der Waals surface area contributed by atoms with Gasteiger partial charge in [0, 0.05) is 12.6 Å². The molecule has 0 rings (SSSR count). The van der Waals surface area contributed by atoms with Crippen LogP contribution < -0.4 is 0 Å². The molecule has 0 aliphatic heterocycles. The van der Waals surface area contributed by atoms with E-state index in [0.717, 1.165) is 6.42 Å². The molecule has 0 bridgehead atoms. The Morgan fingerprint density at radius 1 is 1.42 bits per heavy atom. The first-order chi connectivity index (χ1) is 5.57. The fourth-order valence-electron chi connectivity index (χ4n) is 1.06. The van der Waals surface area contributed by atoms with Crippen LogP contribution in [0.15, 0.2) is 11.6 Å². The van der Waals surface area contributed by atoms with Gasteiger partial charge in [0.1, 0.15) is 0 Å². The van der Waals surface area contributed by atoms with Crippen LogP contribution >= 0.6 is 0 Å². The molecule has 0 heterocycles. The molecule has 0 saturated heterocycles. The zero-order valence-electron chi connectivity index (χ0n) is 9.22. The van der Waals surface area contributed by atoms with Crippen LogP contribution in [0.5, 0.6) is 0 Å². The third kappa shape index (κ3) is 5.36. The highest BCUT2D eigenvalue weighted by molar-refractivity contribution is 4.97. The summed E-state index contributed by atoms with van der Waals surface area (Å²) in [5.74, 6) is 0. The molecule has 0 amide bonds. The van der Waals surface area contributed by atoms with E-state index in [0.29, 0.717) is 6.04 Å². The van der Waals surface area contributed by atoms with Crippen LogP contribution in [-0.4, -0.2) is 24.5 Å². The molecule has 0 aromatic carbocycles. The van der Waals surface area contributed by atoms with E-state index in [1.54, 1.807) is 0 Å². The average molecular weight is 169 g/mol. The molecule has 0 unspecified atom stereocenters. The lowest BCUT2D eigenvalue weighted by Gasteiger charge is -2.20. The molecule has 0 N–H and O–H groups in total. The molecular weight excluding hydrogens is 146 g/mol. The Kier molecular flexibility index (Phi) is 6.09.